The molecule has 4 atom stereocenters. The fraction of sp³-hybridized carbons (Fsp3) is 0.163. The van der Waals surface area contributed by atoms with Gasteiger partial charge in [-0.25, -0.2) is 4.90 Å². The van der Waals surface area contributed by atoms with Crippen molar-refractivity contribution in [2.24, 2.45) is 11.8 Å². The molecule has 0 unspecified atom stereocenters. The molecule has 5 aromatic rings. The van der Waals surface area contributed by atoms with Crippen LogP contribution in [-0.4, -0.2) is 23.4 Å². The van der Waals surface area contributed by atoms with Gasteiger partial charge < -0.3 is 0 Å². The molecule has 3 aliphatic rings. The predicted molar refractivity (Wildman–Crippen MR) is 186 cm³/mol. The van der Waals surface area contributed by atoms with Crippen LogP contribution in [0.15, 0.2) is 133 Å². The maximum absolute atomic E-state index is 16.0. The van der Waals surface area contributed by atoms with Gasteiger partial charge in [0.2, 0.25) is 11.8 Å². The lowest BCUT2D eigenvalue weighted by molar-refractivity contribution is -0.130. The van der Waals surface area contributed by atoms with Crippen LogP contribution in [0.1, 0.15) is 50.7 Å². The van der Waals surface area contributed by atoms with Crippen LogP contribution < -0.4 is 4.90 Å². The predicted octanol–water partition coefficient (Wildman–Crippen LogP) is 7.69. The lowest BCUT2D eigenvalue weighted by atomic mass is 9.59. The first-order chi connectivity index (χ1) is 23.2. The lowest BCUT2D eigenvalue weighted by Crippen LogP contribution is -2.45. The third-order valence-corrected chi connectivity index (χ3v) is 10.6. The van der Waals surface area contributed by atoms with E-state index >= 15 is 14.4 Å². The van der Waals surface area contributed by atoms with Crippen molar-refractivity contribution in [2.45, 2.75) is 31.6 Å². The van der Waals surface area contributed by atoms with E-state index in [2.05, 4.69) is 0 Å². The van der Waals surface area contributed by atoms with Gasteiger partial charge in [0, 0.05) is 5.56 Å². The average Bonchev–Trinajstić information content (AvgIpc) is 3.62. The van der Waals surface area contributed by atoms with Crippen LogP contribution in [0.25, 0.3) is 11.1 Å². The lowest BCUT2D eigenvalue weighted by Gasteiger charge is -2.39. The van der Waals surface area contributed by atoms with Crippen molar-refractivity contribution >= 4 is 40.2 Å². The zero-order valence-corrected chi connectivity index (χ0v) is 26.9. The summed E-state index contributed by atoms with van der Waals surface area (Å²) < 4.78 is 0. The van der Waals surface area contributed by atoms with Crippen LogP contribution in [0.5, 0.6) is 0 Å². The number of carbonyl (C=O) groups is 4. The van der Waals surface area contributed by atoms with E-state index in [0.29, 0.717) is 22.4 Å². The number of rotatable bonds is 6. The van der Waals surface area contributed by atoms with E-state index in [4.69, 9.17) is 0 Å². The third kappa shape index (κ3) is 3.79. The van der Waals surface area contributed by atoms with E-state index in [9.17, 15) is 4.79 Å². The highest BCUT2D eigenvalue weighted by Crippen LogP contribution is 2.74. The Morgan fingerprint density at radius 2 is 1.00 bits per heavy atom. The first-order valence-corrected chi connectivity index (χ1v) is 16.3. The van der Waals surface area contributed by atoms with Crippen molar-refractivity contribution in [2.75, 3.05) is 4.90 Å². The Hall–Kier alpha value is -5.68. The highest BCUT2D eigenvalue weighted by atomic mass is 16.2. The van der Waals surface area contributed by atoms with Gasteiger partial charge >= 0.3 is 0 Å². The molecule has 1 saturated carbocycles. The second-order valence-corrected chi connectivity index (χ2v) is 13.2. The van der Waals surface area contributed by atoms with E-state index in [1.54, 1.807) is 24.3 Å². The number of imide groups is 1. The Morgan fingerprint density at radius 3 is 1.42 bits per heavy atom. The van der Waals surface area contributed by atoms with Crippen LogP contribution in [0.3, 0.4) is 0 Å². The van der Waals surface area contributed by atoms with Gasteiger partial charge in [-0.1, -0.05) is 132 Å². The van der Waals surface area contributed by atoms with E-state index < -0.39 is 34.5 Å². The van der Waals surface area contributed by atoms with E-state index in [-0.39, 0.29) is 11.6 Å². The topological polar surface area (TPSA) is 71.5 Å². The molecule has 1 heterocycles. The highest BCUT2D eigenvalue weighted by Gasteiger charge is 2.82. The van der Waals surface area contributed by atoms with Crippen LogP contribution in [0.2, 0.25) is 0 Å². The summed E-state index contributed by atoms with van der Waals surface area (Å²) in [7, 11) is 0. The fourth-order valence-electron chi connectivity index (χ4n) is 8.68. The van der Waals surface area contributed by atoms with Crippen molar-refractivity contribution in [3.8, 4) is 0 Å². The van der Waals surface area contributed by atoms with Crippen molar-refractivity contribution in [3.05, 3.63) is 172 Å². The molecule has 5 heteroatoms. The van der Waals surface area contributed by atoms with E-state index in [1.807, 2.05) is 123 Å². The van der Waals surface area contributed by atoms with Gasteiger partial charge in [0.25, 0.3) is 0 Å². The quantitative estimate of drug-likeness (QED) is 0.143. The molecule has 5 nitrogen and oxygen atoms in total. The minimum absolute atomic E-state index is 0.160. The zero-order chi connectivity index (χ0) is 33.4. The van der Waals surface area contributed by atoms with Gasteiger partial charge in [0.15, 0.2) is 11.6 Å². The molecule has 1 saturated heterocycles. The minimum atomic E-state index is -1.48. The number of carbonyl (C=O) groups excluding carboxylic acids is 4. The second kappa shape index (κ2) is 10.7. The number of amides is 2. The molecule has 0 radical (unpaired) electrons. The smallest absolute Gasteiger partial charge is 0.239 e. The molecule has 0 N–H and O–H groups in total. The molecule has 234 valence electrons. The van der Waals surface area contributed by atoms with E-state index in [1.165, 1.54) is 11.8 Å². The Morgan fingerprint density at radius 1 is 0.562 bits per heavy atom. The summed E-state index contributed by atoms with van der Waals surface area (Å²) in [5, 5.41) is 0. The third-order valence-electron chi connectivity index (χ3n) is 10.6. The SMILES string of the molecule is CC(=O)c1cccc(N2C(=O)[C@@H]3[C@H](C2=O)[C@@]2(c4ccccc4)C(=O)[C@@]3(c3ccccc3)C(c3ccc(C)cc3)=C2c2ccc(C)cc2)c1. The summed E-state index contributed by atoms with van der Waals surface area (Å²) in [6.07, 6.45) is 0. The fourth-order valence-corrected chi connectivity index (χ4v) is 8.68. The number of allylic oxidation sites excluding steroid dienone is 2. The number of fused-ring (bicyclic) bond motifs is 5. The highest BCUT2D eigenvalue weighted by molar-refractivity contribution is 6.39. The summed E-state index contributed by atoms with van der Waals surface area (Å²) in [6.45, 7) is 5.50. The summed E-state index contributed by atoms with van der Waals surface area (Å²) in [5.41, 5.74) is 4.47. The Labute approximate surface area is 279 Å². The van der Waals surface area contributed by atoms with Crippen LogP contribution in [0.4, 0.5) is 5.69 Å². The van der Waals surface area contributed by atoms with Gasteiger partial charge in [0.1, 0.15) is 0 Å². The molecular weight excluding hydrogens is 594 g/mol. The maximum atomic E-state index is 16.0. The first kappa shape index (κ1) is 29.7. The largest absolute Gasteiger partial charge is 0.297 e. The van der Waals surface area contributed by atoms with Crippen molar-refractivity contribution < 1.29 is 19.2 Å². The molecular formula is C43H33NO4. The first-order valence-electron chi connectivity index (χ1n) is 16.3. The number of hydrogen-bond donors (Lipinski definition) is 0. The van der Waals surface area contributed by atoms with Crippen molar-refractivity contribution in [3.63, 3.8) is 0 Å². The molecule has 2 aliphatic carbocycles. The van der Waals surface area contributed by atoms with Crippen molar-refractivity contribution in [1.29, 1.82) is 0 Å². The number of benzene rings is 5. The molecule has 1 aliphatic heterocycles. The molecule has 8 rings (SSSR count). The molecule has 48 heavy (non-hydrogen) atoms. The molecule has 5 aromatic carbocycles. The van der Waals surface area contributed by atoms with Gasteiger partial charge in [-0.3, -0.25) is 19.2 Å². The summed E-state index contributed by atoms with van der Waals surface area (Å²) in [6, 6.07) is 41.9. The summed E-state index contributed by atoms with van der Waals surface area (Å²) >= 11 is 0. The minimum Gasteiger partial charge on any atom is -0.297 e. The van der Waals surface area contributed by atoms with Gasteiger partial charge in [-0.05, 0) is 66.3 Å². The average molecular weight is 628 g/mol. The van der Waals surface area contributed by atoms with Crippen molar-refractivity contribution in [1.82, 2.24) is 0 Å². The summed E-state index contributed by atoms with van der Waals surface area (Å²) in [5.74, 6) is -3.25. The van der Waals surface area contributed by atoms with Gasteiger partial charge in [-0.15, -0.1) is 0 Å². The Kier molecular flexibility index (Phi) is 6.61. The van der Waals surface area contributed by atoms with Crippen LogP contribution >= 0.6 is 0 Å². The molecule has 2 bridgehead atoms. The zero-order valence-electron chi connectivity index (χ0n) is 26.9. The molecule has 0 spiro atoms. The van der Waals surface area contributed by atoms with Gasteiger partial charge in [-0.2, -0.15) is 0 Å². The summed E-state index contributed by atoms with van der Waals surface area (Å²) in [4.78, 5) is 59.9. The second-order valence-electron chi connectivity index (χ2n) is 13.2. The number of nitrogens with zero attached hydrogens (tertiary/aromatic N) is 1. The van der Waals surface area contributed by atoms with Crippen LogP contribution in [0, 0.1) is 25.7 Å². The molecule has 2 amide bonds. The normalized spacial score (nSPS) is 24.4. The Balaban J connectivity index is 1.54. The standard InChI is InChI=1S/C43H33NO4/c1-26-17-21-29(22-18-26)35-36(30-23-19-27(2)20-24-30)43(33-14-8-5-9-15-33)38-37(42(35,41(43)48)32-12-6-4-7-13-32)39(46)44(40(38)47)34-16-10-11-31(25-34)28(3)45/h4-25,37-38H,1-3H3/t37-,38+,42-,43-/m0/s1. The number of anilines is 1. The van der Waals surface area contributed by atoms with Crippen LogP contribution in [-0.2, 0) is 25.2 Å². The maximum Gasteiger partial charge on any atom is 0.239 e. The van der Waals surface area contributed by atoms with E-state index in [0.717, 1.165) is 33.4 Å². The number of Topliss-reactive ketones (excluding diaryl/α,β-unsaturated/α-hetero) is 2. The molecule has 0 aromatic heterocycles. The number of hydrogen-bond acceptors (Lipinski definition) is 4. The number of aryl methyl sites for hydroxylation is 2. The molecule has 2 fully saturated rings. The van der Waals surface area contributed by atoms with Gasteiger partial charge in [0.05, 0.1) is 28.4 Å². The Bertz CT molecular complexity index is 2060. The number of ketones is 2. The monoisotopic (exact) mass is 627 g/mol.